The molecule has 0 aliphatic carbocycles. The standard InChI is InChI=1S/C12H15F3N2O2S/c1-7-11(3-2-4-16-7)17-20(18,19)12-6-9(14)8(13)5-10(12)15/h5-7,11,16-17H,2-4H2,1H3. The third kappa shape index (κ3) is 3.13. The van der Waals surface area contributed by atoms with Crippen LogP contribution in [0.2, 0.25) is 0 Å². The summed E-state index contributed by atoms with van der Waals surface area (Å²) in [7, 11) is -4.23. The van der Waals surface area contributed by atoms with E-state index in [0.29, 0.717) is 12.5 Å². The molecule has 2 N–H and O–H groups in total. The molecule has 0 saturated carbocycles. The van der Waals surface area contributed by atoms with Gasteiger partial charge in [-0.25, -0.2) is 26.3 Å². The summed E-state index contributed by atoms with van der Waals surface area (Å²) in [4.78, 5) is -0.880. The average molecular weight is 308 g/mol. The summed E-state index contributed by atoms with van der Waals surface area (Å²) in [5.74, 6) is -4.14. The van der Waals surface area contributed by atoms with Gasteiger partial charge in [0.25, 0.3) is 0 Å². The summed E-state index contributed by atoms with van der Waals surface area (Å²) in [6.45, 7) is 2.58. The van der Waals surface area contributed by atoms with Gasteiger partial charge >= 0.3 is 0 Å². The largest absolute Gasteiger partial charge is 0.313 e. The summed E-state index contributed by atoms with van der Waals surface area (Å²) in [6.07, 6.45) is 1.37. The summed E-state index contributed by atoms with van der Waals surface area (Å²) in [5, 5.41) is 3.09. The van der Waals surface area contributed by atoms with Gasteiger partial charge in [-0.3, -0.25) is 0 Å². The fourth-order valence-electron chi connectivity index (χ4n) is 2.18. The van der Waals surface area contributed by atoms with Crippen molar-refractivity contribution >= 4 is 10.0 Å². The zero-order valence-electron chi connectivity index (χ0n) is 10.8. The van der Waals surface area contributed by atoms with Gasteiger partial charge in [0.2, 0.25) is 10.0 Å². The van der Waals surface area contributed by atoms with Crippen molar-refractivity contribution in [3.8, 4) is 0 Å². The average Bonchev–Trinajstić information content (AvgIpc) is 2.36. The van der Waals surface area contributed by atoms with Crippen LogP contribution >= 0.6 is 0 Å². The van der Waals surface area contributed by atoms with Crippen molar-refractivity contribution in [2.45, 2.75) is 36.7 Å². The Kier molecular flexibility index (Phi) is 4.36. The molecule has 1 fully saturated rings. The highest BCUT2D eigenvalue weighted by atomic mass is 32.2. The van der Waals surface area contributed by atoms with Gasteiger partial charge in [-0.2, -0.15) is 0 Å². The number of nitrogens with one attached hydrogen (secondary N) is 2. The van der Waals surface area contributed by atoms with Gasteiger partial charge in [0.15, 0.2) is 11.6 Å². The van der Waals surface area contributed by atoms with Gasteiger partial charge in [-0.1, -0.05) is 0 Å². The predicted octanol–water partition coefficient (Wildman–Crippen LogP) is 1.52. The van der Waals surface area contributed by atoms with Crippen LogP contribution in [0.15, 0.2) is 17.0 Å². The molecule has 0 aromatic heterocycles. The van der Waals surface area contributed by atoms with E-state index in [0.717, 1.165) is 13.0 Å². The van der Waals surface area contributed by atoms with E-state index in [4.69, 9.17) is 0 Å². The lowest BCUT2D eigenvalue weighted by Crippen LogP contribution is -2.51. The smallest absolute Gasteiger partial charge is 0.243 e. The van der Waals surface area contributed by atoms with Gasteiger partial charge in [-0.15, -0.1) is 0 Å². The third-order valence-electron chi connectivity index (χ3n) is 3.33. The van der Waals surface area contributed by atoms with E-state index in [1.165, 1.54) is 0 Å². The first-order valence-electron chi connectivity index (χ1n) is 6.21. The Morgan fingerprint density at radius 3 is 2.50 bits per heavy atom. The molecule has 4 nitrogen and oxygen atoms in total. The number of piperidine rings is 1. The van der Waals surface area contributed by atoms with Crippen molar-refractivity contribution in [3.63, 3.8) is 0 Å². The first kappa shape index (κ1) is 15.3. The maximum Gasteiger partial charge on any atom is 0.243 e. The molecule has 0 bridgehead atoms. The molecule has 2 atom stereocenters. The van der Waals surface area contributed by atoms with Crippen molar-refractivity contribution in [2.24, 2.45) is 0 Å². The summed E-state index contributed by atoms with van der Waals surface area (Å²) in [5.41, 5.74) is 0. The Morgan fingerprint density at radius 2 is 1.85 bits per heavy atom. The van der Waals surface area contributed by atoms with Crippen LogP contribution in [0.3, 0.4) is 0 Å². The molecule has 1 saturated heterocycles. The van der Waals surface area contributed by atoms with Crippen molar-refractivity contribution in [1.82, 2.24) is 10.0 Å². The molecule has 0 spiro atoms. The first-order chi connectivity index (χ1) is 9.31. The normalized spacial score (nSPS) is 23.8. The second-order valence-electron chi connectivity index (χ2n) is 4.81. The van der Waals surface area contributed by atoms with Crippen molar-refractivity contribution in [2.75, 3.05) is 6.54 Å². The van der Waals surface area contributed by atoms with Gasteiger partial charge in [0.05, 0.1) is 0 Å². The molecule has 1 heterocycles. The number of halogens is 3. The molecule has 8 heteroatoms. The second-order valence-corrected chi connectivity index (χ2v) is 6.49. The van der Waals surface area contributed by atoms with E-state index >= 15 is 0 Å². The molecule has 1 aromatic carbocycles. The van der Waals surface area contributed by atoms with Crippen molar-refractivity contribution in [1.29, 1.82) is 0 Å². The molecular formula is C12H15F3N2O2S. The molecular weight excluding hydrogens is 293 g/mol. The maximum absolute atomic E-state index is 13.5. The number of sulfonamides is 1. The number of benzene rings is 1. The molecule has 2 unspecified atom stereocenters. The molecule has 1 aliphatic heterocycles. The van der Waals surface area contributed by atoms with Crippen LogP contribution < -0.4 is 10.0 Å². The van der Waals surface area contributed by atoms with E-state index in [1.807, 2.05) is 0 Å². The number of rotatable bonds is 3. The second kappa shape index (κ2) is 5.71. The zero-order valence-corrected chi connectivity index (χ0v) is 11.6. The van der Waals surface area contributed by atoms with Crippen LogP contribution in [-0.2, 0) is 10.0 Å². The van der Waals surface area contributed by atoms with Crippen molar-refractivity contribution < 1.29 is 21.6 Å². The SMILES string of the molecule is CC1NCCCC1NS(=O)(=O)c1cc(F)c(F)cc1F. The monoisotopic (exact) mass is 308 g/mol. The fourth-order valence-corrected chi connectivity index (χ4v) is 3.60. The van der Waals surface area contributed by atoms with Crippen LogP contribution in [0.25, 0.3) is 0 Å². The molecule has 112 valence electrons. The molecule has 1 aromatic rings. The van der Waals surface area contributed by atoms with Crippen LogP contribution in [-0.4, -0.2) is 27.0 Å². The molecule has 2 rings (SSSR count). The minimum atomic E-state index is -4.23. The Balaban J connectivity index is 2.28. The van der Waals surface area contributed by atoms with Gasteiger partial charge in [0, 0.05) is 18.2 Å². The predicted molar refractivity (Wildman–Crippen MR) is 67.1 cm³/mol. The van der Waals surface area contributed by atoms with Crippen molar-refractivity contribution in [3.05, 3.63) is 29.6 Å². The molecule has 0 amide bonds. The minimum absolute atomic E-state index is 0.119. The van der Waals surface area contributed by atoms with E-state index in [-0.39, 0.29) is 12.1 Å². The van der Waals surface area contributed by atoms with Crippen LogP contribution in [0.1, 0.15) is 19.8 Å². The highest BCUT2D eigenvalue weighted by Crippen LogP contribution is 2.20. The van der Waals surface area contributed by atoms with Gasteiger partial charge < -0.3 is 5.32 Å². The lowest BCUT2D eigenvalue weighted by atomic mass is 10.0. The van der Waals surface area contributed by atoms with Crippen LogP contribution in [0.5, 0.6) is 0 Å². The Labute approximate surface area is 115 Å². The van der Waals surface area contributed by atoms with E-state index < -0.39 is 38.4 Å². The Bertz CT molecular complexity index is 607. The minimum Gasteiger partial charge on any atom is -0.313 e. The van der Waals surface area contributed by atoms with Crippen LogP contribution in [0, 0.1) is 17.5 Å². The van der Waals surface area contributed by atoms with Gasteiger partial charge in [0.1, 0.15) is 10.7 Å². The molecule has 0 radical (unpaired) electrons. The van der Waals surface area contributed by atoms with Gasteiger partial charge in [-0.05, 0) is 32.4 Å². The zero-order chi connectivity index (χ0) is 14.9. The summed E-state index contributed by atoms with van der Waals surface area (Å²) >= 11 is 0. The summed E-state index contributed by atoms with van der Waals surface area (Å²) < 4.78 is 65.9. The maximum atomic E-state index is 13.5. The number of hydrogen-bond donors (Lipinski definition) is 2. The van der Waals surface area contributed by atoms with Crippen LogP contribution in [0.4, 0.5) is 13.2 Å². The lowest BCUT2D eigenvalue weighted by molar-refractivity contribution is 0.348. The van der Waals surface area contributed by atoms with E-state index in [9.17, 15) is 21.6 Å². The summed E-state index contributed by atoms with van der Waals surface area (Å²) in [6, 6.07) is 0.0496. The molecule has 20 heavy (non-hydrogen) atoms. The Morgan fingerprint density at radius 1 is 1.20 bits per heavy atom. The number of hydrogen-bond acceptors (Lipinski definition) is 3. The quantitative estimate of drug-likeness (QED) is 0.833. The Hall–Kier alpha value is -1.12. The third-order valence-corrected chi connectivity index (χ3v) is 4.84. The lowest BCUT2D eigenvalue weighted by Gasteiger charge is -2.30. The van der Waals surface area contributed by atoms with E-state index in [2.05, 4.69) is 10.0 Å². The topological polar surface area (TPSA) is 58.2 Å². The molecule has 1 aliphatic rings. The highest BCUT2D eigenvalue weighted by Gasteiger charge is 2.29. The first-order valence-corrected chi connectivity index (χ1v) is 7.70. The van der Waals surface area contributed by atoms with E-state index in [1.54, 1.807) is 6.92 Å². The highest BCUT2D eigenvalue weighted by molar-refractivity contribution is 7.89. The fraction of sp³-hybridized carbons (Fsp3) is 0.500.